The van der Waals surface area contributed by atoms with Crippen LogP contribution in [-0.2, 0) is 9.47 Å². The van der Waals surface area contributed by atoms with Crippen molar-refractivity contribution < 1.29 is 9.47 Å². The minimum absolute atomic E-state index is 0.119. The SMILES string of the molecule is CC(N)C1CCN(C2CCOC3(CCOCC3)C2)C1. The smallest absolute Gasteiger partial charge is 0.0741 e. The van der Waals surface area contributed by atoms with Gasteiger partial charge in [-0.3, -0.25) is 4.90 Å². The molecule has 3 saturated heterocycles. The molecule has 4 nitrogen and oxygen atoms in total. The minimum atomic E-state index is 0.119. The highest BCUT2D eigenvalue weighted by atomic mass is 16.5. The van der Waals surface area contributed by atoms with E-state index in [1.54, 1.807) is 0 Å². The lowest BCUT2D eigenvalue weighted by molar-refractivity contribution is -0.150. The van der Waals surface area contributed by atoms with Gasteiger partial charge in [-0.05, 0) is 51.5 Å². The van der Waals surface area contributed by atoms with Gasteiger partial charge in [0.25, 0.3) is 0 Å². The van der Waals surface area contributed by atoms with E-state index in [0.717, 1.165) is 32.7 Å². The first-order valence-corrected chi connectivity index (χ1v) is 7.90. The van der Waals surface area contributed by atoms with Crippen LogP contribution in [0.5, 0.6) is 0 Å². The van der Waals surface area contributed by atoms with Crippen LogP contribution in [0.25, 0.3) is 0 Å². The minimum Gasteiger partial charge on any atom is -0.381 e. The van der Waals surface area contributed by atoms with Crippen LogP contribution in [-0.4, -0.2) is 55.5 Å². The highest BCUT2D eigenvalue weighted by Crippen LogP contribution is 2.37. The first-order valence-electron chi connectivity index (χ1n) is 7.90. The van der Waals surface area contributed by atoms with Gasteiger partial charge in [0, 0.05) is 38.4 Å². The van der Waals surface area contributed by atoms with Gasteiger partial charge in [-0.2, -0.15) is 0 Å². The first kappa shape index (κ1) is 13.8. The number of nitrogens with two attached hydrogens (primary N) is 1. The fourth-order valence-electron chi connectivity index (χ4n) is 3.98. The van der Waals surface area contributed by atoms with Gasteiger partial charge in [0.15, 0.2) is 0 Å². The van der Waals surface area contributed by atoms with Crippen molar-refractivity contribution in [3.8, 4) is 0 Å². The molecule has 3 aliphatic heterocycles. The number of ether oxygens (including phenoxy) is 2. The molecule has 0 aromatic heterocycles. The van der Waals surface area contributed by atoms with Crippen molar-refractivity contribution in [3.05, 3.63) is 0 Å². The molecular weight excluding hydrogens is 240 g/mol. The lowest BCUT2D eigenvalue weighted by Crippen LogP contribution is -2.50. The Hall–Kier alpha value is -0.160. The number of hydrogen-bond acceptors (Lipinski definition) is 4. The molecule has 3 atom stereocenters. The molecule has 0 radical (unpaired) electrons. The summed E-state index contributed by atoms with van der Waals surface area (Å²) in [5.41, 5.74) is 6.18. The number of rotatable bonds is 2. The van der Waals surface area contributed by atoms with Gasteiger partial charge in [-0.15, -0.1) is 0 Å². The van der Waals surface area contributed by atoms with Crippen LogP contribution in [0.4, 0.5) is 0 Å². The summed E-state index contributed by atoms with van der Waals surface area (Å²) in [6.07, 6.45) is 5.81. The molecule has 4 heteroatoms. The average Bonchev–Trinajstić information content (AvgIpc) is 2.89. The molecule has 19 heavy (non-hydrogen) atoms. The summed E-state index contributed by atoms with van der Waals surface area (Å²) in [6, 6.07) is 1.04. The Balaban J connectivity index is 1.59. The van der Waals surface area contributed by atoms with Crippen LogP contribution >= 0.6 is 0 Å². The molecule has 1 spiro atoms. The lowest BCUT2D eigenvalue weighted by Gasteiger charge is -2.45. The Morgan fingerprint density at radius 2 is 2.00 bits per heavy atom. The van der Waals surface area contributed by atoms with Crippen molar-refractivity contribution in [2.75, 3.05) is 32.9 Å². The fourth-order valence-corrected chi connectivity index (χ4v) is 3.98. The van der Waals surface area contributed by atoms with Crippen LogP contribution in [0.1, 0.15) is 39.0 Å². The van der Waals surface area contributed by atoms with Crippen molar-refractivity contribution in [1.82, 2.24) is 4.90 Å². The predicted molar refractivity (Wildman–Crippen MR) is 75.1 cm³/mol. The molecule has 0 saturated carbocycles. The molecule has 3 rings (SSSR count). The highest BCUT2D eigenvalue weighted by Gasteiger charge is 2.42. The summed E-state index contributed by atoms with van der Waals surface area (Å²) in [5, 5.41) is 0. The number of hydrogen-bond donors (Lipinski definition) is 1. The van der Waals surface area contributed by atoms with Crippen molar-refractivity contribution in [3.63, 3.8) is 0 Å². The summed E-state index contributed by atoms with van der Waals surface area (Å²) in [4.78, 5) is 2.67. The molecule has 0 bridgehead atoms. The van der Waals surface area contributed by atoms with Gasteiger partial charge >= 0.3 is 0 Å². The molecule has 0 aliphatic carbocycles. The van der Waals surface area contributed by atoms with E-state index >= 15 is 0 Å². The molecule has 3 aliphatic rings. The third-order valence-corrected chi connectivity index (χ3v) is 5.39. The molecular formula is C15H28N2O2. The van der Waals surface area contributed by atoms with Gasteiger partial charge in [-0.1, -0.05) is 0 Å². The predicted octanol–water partition coefficient (Wildman–Crippen LogP) is 1.38. The molecule has 110 valence electrons. The first-order chi connectivity index (χ1) is 9.19. The maximum atomic E-state index is 6.14. The Morgan fingerprint density at radius 3 is 2.68 bits per heavy atom. The standard InChI is InChI=1S/C15H28N2O2/c1-12(16)13-2-6-17(11-13)14-3-7-19-15(10-14)4-8-18-9-5-15/h12-14H,2-11,16H2,1H3. The van der Waals surface area contributed by atoms with E-state index in [1.165, 1.54) is 32.4 Å². The normalized spacial score (nSPS) is 37.6. The lowest BCUT2D eigenvalue weighted by atomic mass is 9.83. The van der Waals surface area contributed by atoms with E-state index in [9.17, 15) is 0 Å². The van der Waals surface area contributed by atoms with E-state index in [2.05, 4.69) is 11.8 Å². The van der Waals surface area contributed by atoms with Gasteiger partial charge in [0.05, 0.1) is 5.60 Å². The second-order valence-electron chi connectivity index (χ2n) is 6.69. The molecule has 3 heterocycles. The van der Waals surface area contributed by atoms with Crippen molar-refractivity contribution in [2.24, 2.45) is 11.7 Å². The van der Waals surface area contributed by atoms with E-state index in [1.807, 2.05) is 0 Å². The highest BCUT2D eigenvalue weighted by molar-refractivity contribution is 4.94. The summed E-state index contributed by atoms with van der Waals surface area (Å²) >= 11 is 0. The largest absolute Gasteiger partial charge is 0.381 e. The van der Waals surface area contributed by atoms with Crippen LogP contribution in [0.2, 0.25) is 0 Å². The van der Waals surface area contributed by atoms with Gasteiger partial charge in [0.1, 0.15) is 0 Å². The summed E-state index contributed by atoms with van der Waals surface area (Å²) in [7, 11) is 0. The molecule has 0 amide bonds. The molecule has 0 aromatic rings. The topological polar surface area (TPSA) is 47.7 Å². The van der Waals surface area contributed by atoms with Crippen LogP contribution < -0.4 is 5.73 Å². The third-order valence-electron chi connectivity index (χ3n) is 5.39. The summed E-state index contributed by atoms with van der Waals surface area (Å²) < 4.78 is 11.6. The molecule has 3 fully saturated rings. The second-order valence-corrected chi connectivity index (χ2v) is 6.69. The third kappa shape index (κ3) is 2.97. The zero-order valence-corrected chi connectivity index (χ0v) is 12.1. The van der Waals surface area contributed by atoms with E-state index < -0.39 is 0 Å². The Kier molecular flexibility index (Phi) is 4.13. The van der Waals surface area contributed by atoms with Gasteiger partial charge < -0.3 is 15.2 Å². The maximum absolute atomic E-state index is 6.14. The van der Waals surface area contributed by atoms with Gasteiger partial charge in [-0.25, -0.2) is 0 Å². The maximum Gasteiger partial charge on any atom is 0.0741 e. The Bertz CT molecular complexity index is 297. The van der Waals surface area contributed by atoms with Crippen molar-refractivity contribution >= 4 is 0 Å². The zero-order valence-electron chi connectivity index (χ0n) is 12.1. The summed E-state index contributed by atoms with van der Waals surface area (Å²) in [5.74, 6) is 0.688. The fraction of sp³-hybridized carbons (Fsp3) is 1.00. The van der Waals surface area contributed by atoms with Crippen LogP contribution in [0.15, 0.2) is 0 Å². The average molecular weight is 268 g/mol. The number of nitrogens with zero attached hydrogens (tertiary/aromatic N) is 1. The van der Waals surface area contributed by atoms with E-state index in [0.29, 0.717) is 18.0 Å². The van der Waals surface area contributed by atoms with Crippen LogP contribution in [0, 0.1) is 5.92 Å². The molecule has 2 N–H and O–H groups in total. The van der Waals surface area contributed by atoms with Crippen LogP contribution in [0.3, 0.4) is 0 Å². The molecule has 3 unspecified atom stereocenters. The Labute approximate surface area is 116 Å². The number of likely N-dealkylation sites (tertiary alicyclic amines) is 1. The van der Waals surface area contributed by atoms with E-state index in [4.69, 9.17) is 15.2 Å². The monoisotopic (exact) mass is 268 g/mol. The van der Waals surface area contributed by atoms with Gasteiger partial charge in [0.2, 0.25) is 0 Å². The Morgan fingerprint density at radius 1 is 1.21 bits per heavy atom. The van der Waals surface area contributed by atoms with Crippen molar-refractivity contribution in [2.45, 2.75) is 56.7 Å². The summed E-state index contributed by atoms with van der Waals surface area (Å²) in [6.45, 7) is 7.23. The molecule has 0 aromatic carbocycles. The zero-order chi connectivity index (χ0) is 13.3. The van der Waals surface area contributed by atoms with E-state index in [-0.39, 0.29) is 5.60 Å². The van der Waals surface area contributed by atoms with Crippen molar-refractivity contribution in [1.29, 1.82) is 0 Å². The second kappa shape index (κ2) is 5.68. The quantitative estimate of drug-likeness (QED) is 0.822.